The number of amides is 1. The second-order valence-corrected chi connectivity index (χ2v) is 5.98. The van der Waals surface area contributed by atoms with Crippen LogP contribution in [0, 0.1) is 0 Å². The van der Waals surface area contributed by atoms with Crippen molar-refractivity contribution in [3.63, 3.8) is 0 Å². The molecule has 2 aromatic heterocycles. The van der Waals surface area contributed by atoms with Crippen molar-refractivity contribution in [2.45, 2.75) is 0 Å². The third-order valence-corrected chi connectivity index (χ3v) is 3.87. The number of ether oxygens (including phenoxy) is 2. The van der Waals surface area contributed by atoms with Crippen LogP contribution in [-0.2, 0) is 4.79 Å². The van der Waals surface area contributed by atoms with Gasteiger partial charge in [-0.25, -0.2) is 4.98 Å². The molecule has 0 radical (unpaired) electrons. The average molecular weight is 387 g/mol. The summed E-state index contributed by atoms with van der Waals surface area (Å²) in [6.07, 6.45) is 5.09. The van der Waals surface area contributed by atoms with E-state index in [1.807, 2.05) is 18.2 Å². The van der Waals surface area contributed by atoms with Gasteiger partial charge in [-0.15, -0.1) is 10.2 Å². The lowest BCUT2D eigenvalue weighted by Gasteiger charge is -2.09. The fraction of sp³-hybridized carbons (Fsp3) is 0.0476. The van der Waals surface area contributed by atoms with Crippen molar-refractivity contribution in [3.8, 4) is 23.2 Å². The summed E-state index contributed by atoms with van der Waals surface area (Å²) >= 11 is 0. The first-order valence-electron chi connectivity index (χ1n) is 8.84. The minimum atomic E-state index is -0.247. The van der Waals surface area contributed by atoms with E-state index < -0.39 is 0 Å². The molecule has 0 aliphatic carbocycles. The lowest BCUT2D eigenvalue weighted by Crippen LogP contribution is -2.20. The maximum atomic E-state index is 12.0. The van der Waals surface area contributed by atoms with Gasteiger partial charge < -0.3 is 14.8 Å². The molecule has 144 valence electrons. The molecule has 8 heteroatoms. The quantitative estimate of drug-likeness (QED) is 0.522. The van der Waals surface area contributed by atoms with Gasteiger partial charge in [0.25, 0.3) is 5.91 Å². The van der Waals surface area contributed by atoms with Crippen LogP contribution in [0.5, 0.6) is 17.4 Å². The highest BCUT2D eigenvalue weighted by molar-refractivity contribution is 5.91. The van der Waals surface area contributed by atoms with Gasteiger partial charge in [0.05, 0.1) is 0 Å². The molecule has 2 heterocycles. The number of hydrogen-bond donors (Lipinski definition) is 1. The van der Waals surface area contributed by atoms with Gasteiger partial charge in [-0.2, -0.15) is 0 Å². The maximum Gasteiger partial charge on any atom is 0.262 e. The largest absolute Gasteiger partial charge is 0.484 e. The van der Waals surface area contributed by atoms with Crippen LogP contribution < -0.4 is 14.8 Å². The molecule has 0 saturated carbocycles. The third kappa shape index (κ3) is 4.95. The predicted molar refractivity (Wildman–Crippen MR) is 106 cm³/mol. The Morgan fingerprint density at radius 3 is 2.45 bits per heavy atom. The number of carbonyl (C=O) groups excluding carboxylic acids is 1. The molecule has 4 rings (SSSR count). The minimum absolute atomic E-state index is 0.0683. The molecule has 0 spiro atoms. The molecule has 0 aliphatic rings. The van der Waals surface area contributed by atoms with E-state index in [0.717, 1.165) is 0 Å². The Hall–Kier alpha value is -4.20. The number of carbonyl (C=O) groups is 1. The normalized spacial score (nSPS) is 10.3. The van der Waals surface area contributed by atoms with Crippen molar-refractivity contribution >= 4 is 11.6 Å². The van der Waals surface area contributed by atoms with E-state index in [-0.39, 0.29) is 12.5 Å². The Morgan fingerprint density at radius 2 is 1.76 bits per heavy atom. The van der Waals surface area contributed by atoms with E-state index in [1.165, 1.54) is 0 Å². The molecular weight excluding hydrogens is 370 g/mol. The standard InChI is InChI=1S/C21H17N5O3/c27-20(14-28-17-4-2-1-3-5-17)23-16-6-8-18(9-7-16)29-21-11-10-19(24-25-21)26-13-12-22-15-26/h1-13,15H,14H2,(H,23,27). The van der Waals surface area contributed by atoms with Crippen molar-refractivity contribution in [1.82, 2.24) is 19.7 Å². The van der Waals surface area contributed by atoms with Crippen LogP contribution in [0.1, 0.15) is 0 Å². The molecule has 1 N–H and O–H groups in total. The number of rotatable bonds is 7. The molecule has 0 atom stereocenters. The van der Waals surface area contributed by atoms with E-state index in [2.05, 4.69) is 20.5 Å². The van der Waals surface area contributed by atoms with Crippen LogP contribution in [0.4, 0.5) is 5.69 Å². The highest BCUT2D eigenvalue weighted by Crippen LogP contribution is 2.21. The van der Waals surface area contributed by atoms with Gasteiger partial charge in [-0.3, -0.25) is 9.36 Å². The van der Waals surface area contributed by atoms with Gasteiger partial charge in [-0.1, -0.05) is 18.2 Å². The molecule has 0 aliphatic heterocycles. The van der Waals surface area contributed by atoms with Crippen molar-refractivity contribution in [3.05, 3.63) is 85.5 Å². The Morgan fingerprint density at radius 1 is 0.931 bits per heavy atom. The van der Waals surface area contributed by atoms with Crippen molar-refractivity contribution in [2.24, 2.45) is 0 Å². The van der Waals surface area contributed by atoms with Gasteiger partial charge in [0.15, 0.2) is 12.4 Å². The number of anilines is 1. The Labute approximate surface area is 166 Å². The molecular formula is C21H17N5O3. The molecule has 29 heavy (non-hydrogen) atoms. The number of hydrogen-bond acceptors (Lipinski definition) is 6. The number of imidazole rings is 1. The van der Waals surface area contributed by atoms with E-state index in [0.29, 0.717) is 28.9 Å². The summed E-state index contributed by atoms with van der Waals surface area (Å²) in [6, 6.07) is 19.6. The molecule has 1 amide bonds. The number of aromatic nitrogens is 4. The summed E-state index contributed by atoms with van der Waals surface area (Å²) in [5, 5.41) is 10.9. The first-order chi connectivity index (χ1) is 14.3. The summed E-state index contributed by atoms with van der Waals surface area (Å²) in [5.41, 5.74) is 0.639. The summed E-state index contributed by atoms with van der Waals surface area (Å²) in [7, 11) is 0. The third-order valence-electron chi connectivity index (χ3n) is 3.87. The number of nitrogens with zero attached hydrogens (tertiary/aromatic N) is 4. The first-order valence-corrected chi connectivity index (χ1v) is 8.84. The van der Waals surface area contributed by atoms with Crippen molar-refractivity contribution < 1.29 is 14.3 Å². The van der Waals surface area contributed by atoms with Crippen LogP contribution in [0.2, 0.25) is 0 Å². The highest BCUT2D eigenvalue weighted by atomic mass is 16.5. The van der Waals surface area contributed by atoms with Crippen LogP contribution in [0.25, 0.3) is 5.82 Å². The Bertz CT molecular complexity index is 1050. The number of nitrogens with one attached hydrogen (secondary N) is 1. The Kier molecular flexibility index (Phi) is 5.43. The number of para-hydroxylation sites is 1. The second-order valence-electron chi connectivity index (χ2n) is 5.98. The van der Waals surface area contributed by atoms with E-state index in [9.17, 15) is 4.79 Å². The monoisotopic (exact) mass is 387 g/mol. The molecule has 0 unspecified atom stereocenters. The summed E-state index contributed by atoms with van der Waals surface area (Å²) in [5.74, 6) is 1.98. The zero-order valence-electron chi connectivity index (χ0n) is 15.3. The topological polar surface area (TPSA) is 91.2 Å². The van der Waals surface area contributed by atoms with E-state index in [1.54, 1.807) is 71.8 Å². The first kappa shape index (κ1) is 18.2. The predicted octanol–water partition coefficient (Wildman–Crippen LogP) is 3.47. The average Bonchev–Trinajstić information content (AvgIpc) is 3.30. The van der Waals surface area contributed by atoms with Gasteiger partial charge in [-0.05, 0) is 42.5 Å². The van der Waals surface area contributed by atoms with Gasteiger partial charge in [0.1, 0.15) is 17.8 Å². The Balaban J connectivity index is 1.30. The molecule has 2 aromatic carbocycles. The van der Waals surface area contributed by atoms with Crippen molar-refractivity contribution in [1.29, 1.82) is 0 Å². The van der Waals surface area contributed by atoms with Crippen LogP contribution in [0.15, 0.2) is 85.5 Å². The van der Waals surface area contributed by atoms with Crippen LogP contribution >= 0.6 is 0 Å². The highest BCUT2D eigenvalue weighted by Gasteiger charge is 2.05. The van der Waals surface area contributed by atoms with E-state index >= 15 is 0 Å². The van der Waals surface area contributed by atoms with Crippen molar-refractivity contribution in [2.75, 3.05) is 11.9 Å². The van der Waals surface area contributed by atoms with Gasteiger partial charge >= 0.3 is 0 Å². The smallest absolute Gasteiger partial charge is 0.262 e. The lowest BCUT2D eigenvalue weighted by molar-refractivity contribution is -0.118. The minimum Gasteiger partial charge on any atom is -0.484 e. The fourth-order valence-electron chi connectivity index (χ4n) is 2.49. The molecule has 4 aromatic rings. The summed E-state index contributed by atoms with van der Waals surface area (Å²) in [6.45, 7) is -0.0683. The lowest BCUT2D eigenvalue weighted by atomic mass is 10.3. The van der Waals surface area contributed by atoms with Crippen LogP contribution in [-0.4, -0.2) is 32.3 Å². The van der Waals surface area contributed by atoms with Gasteiger partial charge in [0, 0.05) is 24.1 Å². The molecule has 0 saturated heterocycles. The zero-order chi connectivity index (χ0) is 19.9. The fourth-order valence-corrected chi connectivity index (χ4v) is 2.49. The second kappa shape index (κ2) is 8.66. The molecule has 8 nitrogen and oxygen atoms in total. The molecule has 0 bridgehead atoms. The van der Waals surface area contributed by atoms with Crippen LogP contribution in [0.3, 0.4) is 0 Å². The SMILES string of the molecule is O=C(COc1ccccc1)Nc1ccc(Oc2ccc(-n3ccnc3)nn2)cc1. The van der Waals surface area contributed by atoms with Gasteiger partial charge in [0.2, 0.25) is 5.88 Å². The zero-order valence-corrected chi connectivity index (χ0v) is 15.3. The summed E-state index contributed by atoms with van der Waals surface area (Å²) in [4.78, 5) is 16.0. The maximum absolute atomic E-state index is 12.0. The number of benzene rings is 2. The van der Waals surface area contributed by atoms with E-state index in [4.69, 9.17) is 9.47 Å². The summed E-state index contributed by atoms with van der Waals surface area (Å²) < 4.78 is 12.8. The molecule has 0 fully saturated rings.